The minimum atomic E-state index is -0.696. The zero-order chi connectivity index (χ0) is 20.0. The van der Waals surface area contributed by atoms with Gasteiger partial charge in [-0.05, 0) is 42.3 Å². The molecule has 0 aliphatic rings. The van der Waals surface area contributed by atoms with Crippen LogP contribution in [-0.2, 0) is 13.5 Å². The van der Waals surface area contributed by atoms with E-state index in [4.69, 9.17) is 11.6 Å². The molecule has 0 unspecified atom stereocenters. The van der Waals surface area contributed by atoms with Crippen molar-refractivity contribution in [2.45, 2.75) is 13.3 Å². The van der Waals surface area contributed by atoms with E-state index in [0.717, 1.165) is 11.6 Å². The molecule has 0 atom stereocenters. The van der Waals surface area contributed by atoms with Crippen LogP contribution in [0.1, 0.15) is 17.0 Å². The van der Waals surface area contributed by atoms with Crippen molar-refractivity contribution in [1.82, 2.24) is 19.1 Å². The second kappa shape index (κ2) is 6.83. The van der Waals surface area contributed by atoms with Gasteiger partial charge in [0.05, 0.1) is 12.0 Å². The van der Waals surface area contributed by atoms with E-state index in [2.05, 4.69) is 9.97 Å². The van der Waals surface area contributed by atoms with Crippen molar-refractivity contribution < 1.29 is 8.78 Å². The zero-order valence-electron chi connectivity index (χ0n) is 15.1. The van der Waals surface area contributed by atoms with Gasteiger partial charge in [-0.15, -0.1) is 0 Å². The maximum atomic E-state index is 14.2. The van der Waals surface area contributed by atoms with Gasteiger partial charge in [0, 0.05) is 24.6 Å². The molecule has 0 N–H and O–H groups in total. The number of aromatic nitrogens is 4. The van der Waals surface area contributed by atoms with E-state index >= 15 is 0 Å². The molecular weight excluding hydrogens is 386 g/mol. The second-order valence-corrected chi connectivity index (χ2v) is 6.95. The quantitative estimate of drug-likeness (QED) is 0.523. The molecule has 0 aliphatic carbocycles. The van der Waals surface area contributed by atoms with Gasteiger partial charge in [-0.25, -0.2) is 18.7 Å². The summed E-state index contributed by atoms with van der Waals surface area (Å²) in [6.07, 6.45) is 1.50. The van der Waals surface area contributed by atoms with Crippen LogP contribution in [0.15, 0.2) is 47.5 Å². The molecule has 5 nitrogen and oxygen atoms in total. The highest BCUT2D eigenvalue weighted by Gasteiger charge is 2.18. The van der Waals surface area contributed by atoms with Crippen LogP contribution < -0.4 is 5.56 Å². The molecule has 4 aromatic rings. The molecule has 2 aromatic heterocycles. The van der Waals surface area contributed by atoms with Crippen LogP contribution >= 0.6 is 11.6 Å². The third kappa shape index (κ3) is 3.07. The van der Waals surface area contributed by atoms with E-state index < -0.39 is 11.6 Å². The lowest BCUT2D eigenvalue weighted by molar-refractivity contribution is 0.573. The molecule has 142 valence electrons. The van der Waals surface area contributed by atoms with Crippen LogP contribution in [0.2, 0.25) is 5.02 Å². The fourth-order valence-corrected chi connectivity index (χ4v) is 3.21. The number of hydrogen-bond donors (Lipinski definition) is 0. The average molecular weight is 401 g/mol. The molecule has 8 heteroatoms. The number of aryl methyl sites for hydroxylation is 2. The monoisotopic (exact) mass is 400 g/mol. The van der Waals surface area contributed by atoms with Crippen LogP contribution in [0.25, 0.3) is 16.9 Å². The number of nitrogens with zero attached hydrogens (tertiary/aromatic N) is 4. The van der Waals surface area contributed by atoms with Gasteiger partial charge in [0.2, 0.25) is 0 Å². The fraction of sp³-hybridized carbons (Fsp3) is 0.150. The first-order valence-electron chi connectivity index (χ1n) is 8.48. The van der Waals surface area contributed by atoms with Gasteiger partial charge in [-0.3, -0.25) is 9.36 Å². The lowest BCUT2D eigenvalue weighted by Gasteiger charge is -2.14. The number of halogens is 3. The Kier molecular flexibility index (Phi) is 4.47. The molecule has 0 fully saturated rings. The van der Waals surface area contributed by atoms with Crippen LogP contribution in [-0.4, -0.2) is 19.1 Å². The lowest BCUT2D eigenvalue weighted by Crippen LogP contribution is -2.25. The Morgan fingerprint density at radius 1 is 1.14 bits per heavy atom. The Labute approximate surface area is 163 Å². The minimum Gasteiger partial charge on any atom is -0.318 e. The fourth-order valence-electron chi connectivity index (χ4n) is 3.09. The molecule has 4 rings (SSSR count). The van der Waals surface area contributed by atoms with Crippen LogP contribution in [0.3, 0.4) is 0 Å². The van der Waals surface area contributed by atoms with Gasteiger partial charge < -0.3 is 4.57 Å². The van der Waals surface area contributed by atoms with Crippen LogP contribution in [0.4, 0.5) is 8.78 Å². The Bertz CT molecular complexity index is 1280. The number of imidazole rings is 1. The molecule has 0 bridgehead atoms. The van der Waals surface area contributed by atoms with E-state index in [1.807, 2.05) is 6.92 Å². The average Bonchev–Trinajstić information content (AvgIpc) is 3.02. The summed E-state index contributed by atoms with van der Waals surface area (Å²) in [6, 6.07) is 8.47. The number of fused-ring (bicyclic) bond motifs is 1. The second-order valence-electron chi connectivity index (χ2n) is 6.54. The summed E-state index contributed by atoms with van der Waals surface area (Å²) >= 11 is 6.11. The molecule has 0 amide bonds. The standard InChI is InChI=1S/C20H15ClF2N4O/c1-11-7-14(5-6-15(11)21)27-17(8-12-3-4-13(22)9-16(12)23)25-19-18(20(27)28)24-10-26(19)2/h3-7,9-10H,8H2,1-2H3. The van der Waals surface area contributed by atoms with E-state index in [1.54, 1.807) is 29.8 Å². The minimum absolute atomic E-state index is 0.00411. The van der Waals surface area contributed by atoms with Gasteiger partial charge in [-0.1, -0.05) is 17.7 Å². The molecule has 0 spiro atoms. The molecule has 2 heterocycles. The van der Waals surface area contributed by atoms with Gasteiger partial charge in [-0.2, -0.15) is 0 Å². The smallest absolute Gasteiger partial charge is 0.286 e. The van der Waals surface area contributed by atoms with Crippen LogP contribution in [0.5, 0.6) is 0 Å². The lowest BCUT2D eigenvalue weighted by atomic mass is 10.1. The maximum absolute atomic E-state index is 14.2. The summed E-state index contributed by atoms with van der Waals surface area (Å²) in [5, 5.41) is 0.565. The third-order valence-corrected chi connectivity index (χ3v) is 4.99. The number of rotatable bonds is 3. The number of hydrogen-bond acceptors (Lipinski definition) is 3. The van der Waals surface area contributed by atoms with Crippen molar-refractivity contribution in [3.63, 3.8) is 0 Å². The van der Waals surface area contributed by atoms with Gasteiger partial charge in [0.1, 0.15) is 17.5 Å². The normalized spacial score (nSPS) is 11.3. The van der Waals surface area contributed by atoms with E-state index in [-0.39, 0.29) is 23.1 Å². The highest BCUT2D eigenvalue weighted by molar-refractivity contribution is 6.31. The molecule has 0 saturated heterocycles. The molecule has 0 radical (unpaired) electrons. The summed E-state index contributed by atoms with van der Waals surface area (Å²) in [6.45, 7) is 1.82. The Morgan fingerprint density at radius 3 is 2.64 bits per heavy atom. The highest BCUT2D eigenvalue weighted by Crippen LogP contribution is 2.21. The van der Waals surface area contributed by atoms with Gasteiger partial charge in [0.15, 0.2) is 11.2 Å². The summed E-state index contributed by atoms with van der Waals surface area (Å²) in [5.41, 5.74) is 1.79. The van der Waals surface area contributed by atoms with Crippen LogP contribution in [0, 0.1) is 18.6 Å². The molecule has 0 saturated carbocycles. The highest BCUT2D eigenvalue weighted by atomic mass is 35.5. The van der Waals surface area contributed by atoms with Crippen molar-refractivity contribution in [2.75, 3.05) is 0 Å². The topological polar surface area (TPSA) is 52.7 Å². The van der Waals surface area contributed by atoms with Crippen molar-refractivity contribution >= 4 is 22.8 Å². The summed E-state index contributed by atoms with van der Waals surface area (Å²) < 4.78 is 30.5. The maximum Gasteiger partial charge on any atom is 0.286 e. The van der Waals surface area contributed by atoms with E-state index in [9.17, 15) is 13.6 Å². The van der Waals surface area contributed by atoms with Gasteiger partial charge in [0.25, 0.3) is 5.56 Å². The predicted octanol–water partition coefficient (Wildman–Crippen LogP) is 3.95. The first-order valence-corrected chi connectivity index (χ1v) is 8.86. The largest absolute Gasteiger partial charge is 0.318 e. The molecule has 2 aromatic carbocycles. The third-order valence-electron chi connectivity index (χ3n) is 4.57. The SMILES string of the molecule is Cc1cc(-n2c(Cc3ccc(F)cc3F)nc3c(ncn3C)c2=O)ccc1Cl. The molecule has 0 aliphatic heterocycles. The summed E-state index contributed by atoms with van der Waals surface area (Å²) in [4.78, 5) is 21.8. The first kappa shape index (κ1) is 18.3. The Balaban J connectivity index is 1.98. The first-order chi connectivity index (χ1) is 13.3. The van der Waals surface area contributed by atoms with E-state index in [0.29, 0.717) is 22.2 Å². The number of benzene rings is 2. The van der Waals surface area contributed by atoms with Crippen molar-refractivity contribution in [3.05, 3.63) is 86.7 Å². The molecular formula is C20H15ClF2N4O. The Hall–Kier alpha value is -3.06. The summed E-state index contributed by atoms with van der Waals surface area (Å²) in [5.74, 6) is -1.05. The van der Waals surface area contributed by atoms with Crippen molar-refractivity contribution in [1.29, 1.82) is 0 Å². The predicted molar refractivity (Wildman–Crippen MR) is 103 cm³/mol. The van der Waals surface area contributed by atoms with E-state index in [1.165, 1.54) is 23.0 Å². The van der Waals surface area contributed by atoms with Crippen molar-refractivity contribution in [2.24, 2.45) is 7.05 Å². The zero-order valence-corrected chi connectivity index (χ0v) is 15.8. The summed E-state index contributed by atoms with van der Waals surface area (Å²) in [7, 11) is 1.72. The van der Waals surface area contributed by atoms with Gasteiger partial charge >= 0.3 is 0 Å². The van der Waals surface area contributed by atoms with Crippen molar-refractivity contribution in [3.8, 4) is 5.69 Å². The Morgan fingerprint density at radius 2 is 1.93 bits per heavy atom. The molecule has 28 heavy (non-hydrogen) atoms.